The van der Waals surface area contributed by atoms with Crippen molar-refractivity contribution < 1.29 is 14.8 Å². The number of rotatable bonds is 8. The van der Waals surface area contributed by atoms with Crippen molar-refractivity contribution in [3.8, 4) is 0 Å². The van der Waals surface area contributed by atoms with Crippen molar-refractivity contribution in [2.24, 2.45) is 0 Å². The molecule has 106 valence electrons. The lowest BCUT2D eigenvalue weighted by molar-refractivity contribution is 0.118. The Balaban J connectivity index is 2.74. The Morgan fingerprint density at radius 2 is 2.11 bits per heavy atom. The summed E-state index contributed by atoms with van der Waals surface area (Å²) in [4.78, 5) is 2.34. The topological polar surface area (TPSA) is 52.9 Å². The zero-order valence-electron chi connectivity index (χ0n) is 12.0. The van der Waals surface area contributed by atoms with Crippen LogP contribution in [-0.4, -0.2) is 48.4 Å². The van der Waals surface area contributed by atoms with Crippen molar-refractivity contribution in [2.75, 3.05) is 20.3 Å². The molecule has 0 spiro atoms. The molecular weight excluding hydrogens is 241 g/mol. The third-order valence-electron chi connectivity index (χ3n) is 3.43. The summed E-state index contributed by atoms with van der Waals surface area (Å²) in [6, 6.07) is 7.89. The third-order valence-corrected chi connectivity index (χ3v) is 3.43. The molecule has 0 bridgehead atoms. The molecule has 2 N–H and O–H groups in total. The maximum Gasteiger partial charge on any atom is 0.488 e. The molecule has 0 saturated carbocycles. The molecule has 5 heteroatoms. The van der Waals surface area contributed by atoms with E-state index in [0.29, 0.717) is 18.1 Å². The standard InChI is InChI=1S/C14H24BNO3/c1-4-12(2)16(8-9-19-3)11-13-6-5-7-14(10-13)15(17)18/h5-7,10,12,17-18H,4,8-9,11H2,1-3H3. The zero-order valence-corrected chi connectivity index (χ0v) is 12.0. The van der Waals surface area contributed by atoms with Gasteiger partial charge in [-0.2, -0.15) is 0 Å². The molecule has 0 aliphatic rings. The van der Waals surface area contributed by atoms with E-state index in [1.54, 1.807) is 13.2 Å². The van der Waals surface area contributed by atoms with Crippen LogP contribution in [-0.2, 0) is 11.3 Å². The first-order chi connectivity index (χ1) is 9.08. The summed E-state index contributed by atoms with van der Waals surface area (Å²) < 4.78 is 5.14. The van der Waals surface area contributed by atoms with Gasteiger partial charge in [-0.05, 0) is 24.4 Å². The molecule has 0 aromatic heterocycles. The first-order valence-corrected chi connectivity index (χ1v) is 6.76. The van der Waals surface area contributed by atoms with Crippen LogP contribution >= 0.6 is 0 Å². The average molecular weight is 265 g/mol. The van der Waals surface area contributed by atoms with Gasteiger partial charge in [0, 0.05) is 26.2 Å². The predicted molar refractivity (Wildman–Crippen MR) is 78.3 cm³/mol. The van der Waals surface area contributed by atoms with Gasteiger partial charge in [0.05, 0.1) is 6.61 Å². The lowest BCUT2D eigenvalue weighted by Gasteiger charge is -2.28. The minimum atomic E-state index is -1.41. The number of benzene rings is 1. The summed E-state index contributed by atoms with van der Waals surface area (Å²) in [5.41, 5.74) is 1.62. The van der Waals surface area contributed by atoms with Gasteiger partial charge in [-0.25, -0.2) is 0 Å². The van der Waals surface area contributed by atoms with E-state index >= 15 is 0 Å². The second-order valence-corrected chi connectivity index (χ2v) is 4.84. The van der Waals surface area contributed by atoms with E-state index in [1.165, 1.54) is 0 Å². The minimum Gasteiger partial charge on any atom is -0.423 e. The molecule has 0 amide bonds. The fourth-order valence-electron chi connectivity index (χ4n) is 2.01. The highest BCUT2D eigenvalue weighted by atomic mass is 16.5. The van der Waals surface area contributed by atoms with Crippen LogP contribution in [0.1, 0.15) is 25.8 Å². The monoisotopic (exact) mass is 265 g/mol. The summed E-state index contributed by atoms with van der Waals surface area (Å²) in [5, 5.41) is 18.4. The van der Waals surface area contributed by atoms with Crippen LogP contribution in [0.2, 0.25) is 0 Å². The van der Waals surface area contributed by atoms with Crippen LogP contribution < -0.4 is 5.46 Å². The number of hydrogen-bond donors (Lipinski definition) is 2. The van der Waals surface area contributed by atoms with Crippen molar-refractivity contribution >= 4 is 12.6 Å². The van der Waals surface area contributed by atoms with Gasteiger partial charge in [-0.15, -0.1) is 0 Å². The quantitative estimate of drug-likeness (QED) is 0.676. The molecule has 1 atom stereocenters. The lowest BCUT2D eigenvalue weighted by atomic mass is 9.79. The maximum absolute atomic E-state index is 9.20. The van der Waals surface area contributed by atoms with Crippen LogP contribution in [0, 0.1) is 0 Å². The molecular formula is C14H24BNO3. The second kappa shape index (κ2) is 8.33. The van der Waals surface area contributed by atoms with Crippen molar-refractivity contribution in [1.82, 2.24) is 4.90 Å². The van der Waals surface area contributed by atoms with Gasteiger partial charge >= 0.3 is 7.12 Å². The normalized spacial score (nSPS) is 12.7. The van der Waals surface area contributed by atoms with Crippen LogP contribution in [0.3, 0.4) is 0 Å². The summed E-state index contributed by atoms with van der Waals surface area (Å²) in [6.07, 6.45) is 1.08. The van der Waals surface area contributed by atoms with Gasteiger partial charge in [0.15, 0.2) is 0 Å². The van der Waals surface area contributed by atoms with Crippen molar-refractivity contribution in [3.05, 3.63) is 29.8 Å². The Morgan fingerprint density at radius 1 is 1.37 bits per heavy atom. The Hall–Kier alpha value is -0.875. The summed E-state index contributed by atoms with van der Waals surface area (Å²) in [5.74, 6) is 0. The maximum atomic E-state index is 9.20. The minimum absolute atomic E-state index is 0.470. The third kappa shape index (κ3) is 5.32. The molecule has 0 aliphatic heterocycles. The summed E-state index contributed by atoms with van der Waals surface area (Å²) in [7, 11) is 0.299. The molecule has 0 radical (unpaired) electrons. The first kappa shape index (κ1) is 16.2. The van der Waals surface area contributed by atoms with Gasteiger partial charge in [0.25, 0.3) is 0 Å². The lowest BCUT2D eigenvalue weighted by Crippen LogP contribution is -2.36. The highest BCUT2D eigenvalue weighted by Gasteiger charge is 2.15. The number of methoxy groups -OCH3 is 1. The number of hydrogen-bond acceptors (Lipinski definition) is 4. The van der Waals surface area contributed by atoms with E-state index in [9.17, 15) is 10.0 Å². The molecule has 0 aliphatic carbocycles. The predicted octanol–water partition coefficient (Wildman–Crippen LogP) is 0.613. The average Bonchev–Trinajstić information content (AvgIpc) is 2.42. The second-order valence-electron chi connectivity index (χ2n) is 4.84. The number of nitrogens with zero attached hydrogens (tertiary/aromatic N) is 1. The number of ether oxygens (including phenoxy) is 1. The smallest absolute Gasteiger partial charge is 0.423 e. The molecule has 0 saturated heterocycles. The van der Waals surface area contributed by atoms with E-state index in [0.717, 1.165) is 25.1 Å². The van der Waals surface area contributed by atoms with E-state index < -0.39 is 7.12 Å². The largest absolute Gasteiger partial charge is 0.488 e. The van der Waals surface area contributed by atoms with Crippen molar-refractivity contribution in [3.63, 3.8) is 0 Å². The summed E-state index contributed by atoms with van der Waals surface area (Å²) >= 11 is 0. The van der Waals surface area contributed by atoms with Crippen LogP contribution in [0.25, 0.3) is 0 Å². The SMILES string of the molecule is CCC(C)N(CCOC)Cc1cccc(B(O)O)c1. The molecule has 1 aromatic rings. The van der Waals surface area contributed by atoms with Crippen LogP contribution in [0.4, 0.5) is 0 Å². The van der Waals surface area contributed by atoms with Gasteiger partial charge in [-0.1, -0.05) is 31.2 Å². The Bertz CT molecular complexity index is 373. The van der Waals surface area contributed by atoms with Gasteiger partial charge in [-0.3, -0.25) is 4.90 Å². The van der Waals surface area contributed by atoms with E-state index in [1.807, 2.05) is 18.2 Å². The fourth-order valence-corrected chi connectivity index (χ4v) is 2.01. The molecule has 4 nitrogen and oxygen atoms in total. The highest BCUT2D eigenvalue weighted by Crippen LogP contribution is 2.09. The molecule has 0 fully saturated rings. The van der Waals surface area contributed by atoms with E-state index in [-0.39, 0.29) is 0 Å². The van der Waals surface area contributed by atoms with Gasteiger partial charge in [0.2, 0.25) is 0 Å². The van der Waals surface area contributed by atoms with E-state index in [4.69, 9.17) is 4.74 Å². The fraction of sp³-hybridized carbons (Fsp3) is 0.571. The molecule has 1 unspecified atom stereocenters. The van der Waals surface area contributed by atoms with Gasteiger partial charge in [0.1, 0.15) is 0 Å². The van der Waals surface area contributed by atoms with Crippen molar-refractivity contribution in [2.45, 2.75) is 32.9 Å². The van der Waals surface area contributed by atoms with Crippen LogP contribution in [0.15, 0.2) is 24.3 Å². The highest BCUT2D eigenvalue weighted by molar-refractivity contribution is 6.58. The molecule has 1 rings (SSSR count). The Kier molecular flexibility index (Phi) is 7.09. The zero-order chi connectivity index (χ0) is 14.3. The molecule has 1 aromatic carbocycles. The Morgan fingerprint density at radius 3 is 2.68 bits per heavy atom. The van der Waals surface area contributed by atoms with E-state index in [2.05, 4.69) is 18.7 Å². The summed E-state index contributed by atoms with van der Waals surface area (Å²) in [6.45, 7) is 6.72. The first-order valence-electron chi connectivity index (χ1n) is 6.76. The molecule has 19 heavy (non-hydrogen) atoms. The van der Waals surface area contributed by atoms with Crippen molar-refractivity contribution in [1.29, 1.82) is 0 Å². The molecule has 0 heterocycles. The van der Waals surface area contributed by atoms with Gasteiger partial charge < -0.3 is 14.8 Å². The van der Waals surface area contributed by atoms with Crippen LogP contribution in [0.5, 0.6) is 0 Å². The Labute approximate surface area is 116 Å².